The first kappa shape index (κ1) is 15.4. The summed E-state index contributed by atoms with van der Waals surface area (Å²) in [4.78, 5) is 2.25. The summed E-state index contributed by atoms with van der Waals surface area (Å²) in [6.45, 7) is 3.89. The van der Waals surface area contributed by atoms with Crippen LogP contribution in [0.1, 0.15) is 24.8 Å². The molecule has 1 aliphatic heterocycles. The summed E-state index contributed by atoms with van der Waals surface area (Å²) >= 11 is 0. The summed E-state index contributed by atoms with van der Waals surface area (Å²) in [6.07, 6.45) is 3.17. The molecule has 2 rings (SSSR count). The lowest BCUT2D eigenvalue weighted by Gasteiger charge is -2.31. The highest BCUT2D eigenvalue weighted by Crippen LogP contribution is 2.17. The predicted molar refractivity (Wildman–Crippen MR) is 74.3 cm³/mol. The summed E-state index contributed by atoms with van der Waals surface area (Å²) < 4.78 is 31.7. The molecule has 0 aromatic heterocycles. The van der Waals surface area contributed by atoms with Crippen LogP contribution in [-0.2, 0) is 11.3 Å². The average molecular weight is 284 g/mol. The monoisotopic (exact) mass is 284 g/mol. The normalized spacial score (nSPS) is 17.6. The molecule has 1 saturated heterocycles. The van der Waals surface area contributed by atoms with E-state index in [1.165, 1.54) is 12.1 Å². The minimum Gasteiger partial charge on any atom is -0.378 e. The van der Waals surface area contributed by atoms with Crippen molar-refractivity contribution < 1.29 is 13.5 Å². The molecular formula is C15H22F2N2O. The maximum Gasteiger partial charge on any atom is 0.159 e. The molecule has 112 valence electrons. The largest absolute Gasteiger partial charge is 0.378 e. The van der Waals surface area contributed by atoms with Gasteiger partial charge in [-0.2, -0.15) is 0 Å². The Morgan fingerprint density at radius 1 is 1.20 bits per heavy atom. The van der Waals surface area contributed by atoms with E-state index in [0.717, 1.165) is 44.5 Å². The van der Waals surface area contributed by atoms with Crippen LogP contribution >= 0.6 is 0 Å². The molecule has 0 aliphatic carbocycles. The lowest BCUT2D eigenvalue weighted by Crippen LogP contribution is -2.36. The number of likely N-dealkylation sites (tertiary alicyclic amines) is 1. The van der Waals surface area contributed by atoms with Crippen LogP contribution in [0.25, 0.3) is 0 Å². The molecule has 0 spiro atoms. The molecule has 0 radical (unpaired) electrons. The molecule has 1 fully saturated rings. The third kappa shape index (κ3) is 4.51. The molecule has 0 unspecified atom stereocenters. The number of hydrogen-bond donors (Lipinski definition) is 1. The molecule has 3 nitrogen and oxygen atoms in total. The molecule has 5 heteroatoms. The minimum atomic E-state index is -0.791. The molecular weight excluding hydrogens is 262 g/mol. The van der Waals surface area contributed by atoms with Crippen molar-refractivity contribution >= 4 is 0 Å². The van der Waals surface area contributed by atoms with Gasteiger partial charge >= 0.3 is 0 Å². The Bertz CT molecular complexity index is 420. The van der Waals surface area contributed by atoms with E-state index >= 15 is 0 Å². The van der Waals surface area contributed by atoms with Crippen molar-refractivity contribution in [2.75, 3.05) is 26.2 Å². The van der Waals surface area contributed by atoms with Gasteiger partial charge in [0.05, 0.1) is 6.10 Å². The van der Waals surface area contributed by atoms with Crippen LogP contribution in [0.15, 0.2) is 18.2 Å². The Balaban J connectivity index is 1.75. The second-order valence-corrected chi connectivity index (χ2v) is 5.24. The van der Waals surface area contributed by atoms with Gasteiger partial charge in [-0.25, -0.2) is 8.78 Å². The summed E-state index contributed by atoms with van der Waals surface area (Å²) in [6, 6.07) is 4.11. The van der Waals surface area contributed by atoms with Crippen molar-refractivity contribution in [3.8, 4) is 0 Å². The first-order chi connectivity index (χ1) is 9.69. The number of hydrogen-bond acceptors (Lipinski definition) is 3. The van der Waals surface area contributed by atoms with Crippen molar-refractivity contribution in [2.45, 2.75) is 31.9 Å². The van der Waals surface area contributed by atoms with Gasteiger partial charge in [-0.3, -0.25) is 4.90 Å². The second kappa shape index (κ2) is 7.67. The van der Waals surface area contributed by atoms with Crippen LogP contribution in [0.4, 0.5) is 8.78 Å². The molecule has 0 bridgehead atoms. The highest BCUT2D eigenvalue weighted by atomic mass is 19.2. The van der Waals surface area contributed by atoms with Crippen molar-refractivity contribution in [2.24, 2.45) is 5.73 Å². The van der Waals surface area contributed by atoms with E-state index in [1.54, 1.807) is 6.07 Å². The van der Waals surface area contributed by atoms with Gasteiger partial charge in [-0.05, 0) is 43.5 Å². The van der Waals surface area contributed by atoms with Crippen molar-refractivity contribution in [1.82, 2.24) is 4.90 Å². The highest BCUT2D eigenvalue weighted by Gasteiger charge is 2.19. The maximum atomic E-state index is 13.1. The highest BCUT2D eigenvalue weighted by molar-refractivity contribution is 5.17. The summed E-state index contributed by atoms with van der Waals surface area (Å²) in [5, 5.41) is 0. The summed E-state index contributed by atoms with van der Waals surface area (Å²) in [5.74, 6) is -1.57. The smallest absolute Gasteiger partial charge is 0.159 e. The van der Waals surface area contributed by atoms with E-state index in [4.69, 9.17) is 10.5 Å². The molecule has 2 N–H and O–H groups in total. The predicted octanol–water partition coefficient (Wildman–Crippen LogP) is 2.29. The number of ether oxygens (including phenoxy) is 1. The van der Waals surface area contributed by atoms with E-state index in [-0.39, 0.29) is 0 Å². The fraction of sp³-hybridized carbons (Fsp3) is 0.600. The Labute approximate surface area is 118 Å². The van der Waals surface area contributed by atoms with Crippen molar-refractivity contribution in [1.29, 1.82) is 0 Å². The Kier molecular flexibility index (Phi) is 5.88. The SMILES string of the molecule is NCCCOC1CCN(Cc2ccc(F)c(F)c2)CC1. The fourth-order valence-electron chi connectivity index (χ4n) is 2.46. The molecule has 20 heavy (non-hydrogen) atoms. The quantitative estimate of drug-likeness (QED) is 0.815. The van der Waals surface area contributed by atoms with Crippen LogP contribution < -0.4 is 5.73 Å². The van der Waals surface area contributed by atoms with E-state index in [9.17, 15) is 8.78 Å². The maximum absolute atomic E-state index is 13.1. The van der Waals surface area contributed by atoms with Crippen LogP contribution in [-0.4, -0.2) is 37.2 Å². The zero-order chi connectivity index (χ0) is 14.4. The van der Waals surface area contributed by atoms with Gasteiger partial charge in [0, 0.05) is 26.2 Å². The Hall–Kier alpha value is -1.04. The van der Waals surface area contributed by atoms with Gasteiger partial charge in [-0.1, -0.05) is 6.07 Å². The standard InChI is InChI=1S/C15H22F2N2O/c16-14-3-2-12(10-15(14)17)11-19-7-4-13(5-8-19)20-9-1-6-18/h2-3,10,13H,1,4-9,11,18H2. The lowest BCUT2D eigenvalue weighted by molar-refractivity contribution is 0.00561. The average Bonchev–Trinajstić information content (AvgIpc) is 2.45. The van der Waals surface area contributed by atoms with Crippen LogP contribution in [0, 0.1) is 11.6 Å². The second-order valence-electron chi connectivity index (χ2n) is 5.24. The first-order valence-electron chi connectivity index (χ1n) is 7.17. The number of benzene rings is 1. The van der Waals surface area contributed by atoms with Crippen LogP contribution in [0.3, 0.4) is 0 Å². The van der Waals surface area contributed by atoms with Crippen LogP contribution in [0.5, 0.6) is 0 Å². The molecule has 1 heterocycles. The number of rotatable bonds is 6. The molecule has 0 amide bonds. The lowest BCUT2D eigenvalue weighted by atomic mass is 10.1. The third-order valence-electron chi connectivity index (χ3n) is 3.63. The molecule has 1 aliphatic rings. The Morgan fingerprint density at radius 3 is 2.60 bits per heavy atom. The molecule has 1 aromatic carbocycles. The van der Waals surface area contributed by atoms with E-state index < -0.39 is 11.6 Å². The topological polar surface area (TPSA) is 38.5 Å². The summed E-state index contributed by atoms with van der Waals surface area (Å²) in [5.41, 5.74) is 6.24. The fourth-order valence-corrected chi connectivity index (χ4v) is 2.46. The van der Waals surface area contributed by atoms with Gasteiger partial charge in [0.15, 0.2) is 11.6 Å². The minimum absolute atomic E-state index is 0.308. The van der Waals surface area contributed by atoms with Gasteiger partial charge in [0.25, 0.3) is 0 Å². The molecule has 0 atom stereocenters. The zero-order valence-corrected chi connectivity index (χ0v) is 11.7. The first-order valence-corrected chi connectivity index (χ1v) is 7.17. The molecule has 1 aromatic rings. The van der Waals surface area contributed by atoms with Gasteiger partial charge in [-0.15, -0.1) is 0 Å². The zero-order valence-electron chi connectivity index (χ0n) is 11.7. The molecule has 0 saturated carbocycles. The number of nitrogens with zero attached hydrogens (tertiary/aromatic N) is 1. The van der Waals surface area contributed by atoms with E-state index in [2.05, 4.69) is 4.90 Å². The van der Waals surface area contributed by atoms with Gasteiger partial charge < -0.3 is 10.5 Å². The van der Waals surface area contributed by atoms with Crippen molar-refractivity contribution in [3.05, 3.63) is 35.4 Å². The summed E-state index contributed by atoms with van der Waals surface area (Å²) in [7, 11) is 0. The van der Waals surface area contributed by atoms with Crippen molar-refractivity contribution in [3.63, 3.8) is 0 Å². The van der Waals surface area contributed by atoms with Gasteiger partial charge in [0.1, 0.15) is 0 Å². The number of halogens is 2. The van der Waals surface area contributed by atoms with E-state index in [1.807, 2.05) is 0 Å². The van der Waals surface area contributed by atoms with E-state index in [0.29, 0.717) is 19.2 Å². The Morgan fingerprint density at radius 2 is 1.95 bits per heavy atom. The third-order valence-corrected chi connectivity index (χ3v) is 3.63. The van der Waals surface area contributed by atoms with Gasteiger partial charge in [0.2, 0.25) is 0 Å². The van der Waals surface area contributed by atoms with Crippen LogP contribution in [0.2, 0.25) is 0 Å². The number of nitrogens with two attached hydrogens (primary N) is 1. The number of piperidine rings is 1.